The maximum atomic E-state index is 12.1. The van der Waals surface area contributed by atoms with Crippen LogP contribution in [0.15, 0.2) is 10.6 Å². The van der Waals surface area contributed by atoms with Gasteiger partial charge in [0.05, 0.1) is 12.1 Å². The predicted octanol–water partition coefficient (Wildman–Crippen LogP) is 1.91. The summed E-state index contributed by atoms with van der Waals surface area (Å²) in [6.07, 6.45) is 1.02. The lowest BCUT2D eigenvalue weighted by Gasteiger charge is -2.19. The maximum absolute atomic E-state index is 12.1. The number of sulfone groups is 1. The highest BCUT2D eigenvalue weighted by Gasteiger charge is 2.38. The van der Waals surface area contributed by atoms with Gasteiger partial charge in [-0.15, -0.1) is 0 Å². The van der Waals surface area contributed by atoms with Gasteiger partial charge in [-0.25, -0.2) is 8.42 Å². The van der Waals surface area contributed by atoms with E-state index in [0.717, 1.165) is 6.26 Å². The molecule has 5 nitrogen and oxygen atoms in total. The molecule has 0 aliphatic rings. The molecule has 1 aromatic heterocycles. The number of Topliss-reactive ketones (excluding diaryl/α,β-unsaturated/α-hetero) is 1. The quantitative estimate of drug-likeness (QED) is 0.845. The van der Waals surface area contributed by atoms with E-state index in [4.69, 9.17) is 4.52 Å². The normalized spacial score (nSPS) is 13.6. The molecule has 19 heavy (non-hydrogen) atoms. The Labute approximate surface area is 114 Å². The van der Waals surface area contributed by atoms with Crippen molar-refractivity contribution in [2.75, 3.05) is 6.26 Å². The number of nitrogens with zero attached hydrogens (tertiary/aromatic N) is 1. The van der Waals surface area contributed by atoms with Crippen molar-refractivity contribution in [3.05, 3.63) is 17.5 Å². The Bertz CT molecular complexity index is 576. The predicted molar refractivity (Wildman–Crippen MR) is 72.8 cm³/mol. The van der Waals surface area contributed by atoms with Crippen LogP contribution in [0.1, 0.15) is 46.1 Å². The minimum atomic E-state index is -3.45. The zero-order valence-corrected chi connectivity index (χ0v) is 13.1. The first-order valence-electron chi connectivity index (χ1n) is 6.04. The van der Waals surface area contributed by atoms with E-state index in [1.807, 2.05) is 20.8 Å². The molecule has 0 N–H and O–H groups in total. The summed E-state index contributed by atoms with van der Waals surface area (Å²) in [5, 5.41) is 3.83. The molecule has 1 rings (SSSR count). The second-order valence-electron chi connectivity index (χ2n) is 6.31. The molecule has 108 valence electrons. The highest BCUT2D eigenvalue weighted by molar-refractivity contribution is 7.92. The molecule has 0 unspecified atom stereocenters. The summed E-state index contributed by atoms with van der Waals surface area (Å²) in [5.74, 6) is 0.288. The summed E-state index contributed by atoms with van der Waals surface area (Å²) in [4.78, 5) is 12.1. The van der Waals surface area contributed by atoms with Crippen molar-refractivity contribution in [2.45, 2.75) is 51.2 Å². The summed E-state index contributed by atoms with van der Waals surface area (Å²) in [6.45, 7) is 8.74. The summed E-state index contributed by atoms with van der Waals surface area (Å²) < 4.78 is 26.9. The van der Waals surface area contributed by atoms with E-state index in [0.29, 0.717) is 11.5 Å². The average Bonchev–Trinajstić information content (AvgIpc) is 2.63. The van der Waals surface area contributed by atoms with E-state index in [2.05, 4.69) is 5.16 Å². The van der Waals surface area contributed by atoms with Crippen molar-refractivity contribution in [1.29, 1.82) is 0 Å². The number of aromatic nitrogens is 1. The van der Waals surface area contributed by atoms with Crippen LogP contribution in [-0.4, -0.2) is 30.4 Å². The number of carbonyl (C=O) groups excluding carboxylic acids is 1. The smallest absolute Gasteiger partial charge is 0.159 e. The number of ketones is 1. The fourth-order valence-corrected chi connectivity index (χ4v) is 1.82. The lowest BCUT2D eigenvalue weighted by atomic mass is 9.92. The molecule has 0 atom stereocenters. The Morgan fingerprint density at radius 2 is 1.79 bits per heavy atom. The zero-order valence-electron chi connectivity index (χ0n) is 12.3. The molecular formula is C13H21NO4S. The third-order valence-corrected chi connectivity index (χ3v) is 5.32. The van der Waals surface area contributed by atoms with Gasteiger partial charge in [0.25, 0.3) is 0 Å². The molecule has 1 aromatic rings. The van der Waals surface area contributed by atoms with Gasteiger partial charge in [-0.3, -0.25) is 4.79 Å². The third kappa shape index (κ3) is 3.43. The average molecular weight is 287 g/mol. The number of carbonyl (C=O) groups is 1. The van der Waals surface area contributed by atoms with Gasteiger partial charge < -0.3 is 4.52 Å². The van der Waals surface area contributed by atoms with Gasteiger partial charge in [-0.1, -0.05) is 25.9 Å². The van der Waals surface area contributed by atoms with Crippen LogP contribution >= 0.6 is 0 Å². The van der Waals surface area contributed by atoms with Crippen LogP contribution in [0.3, 0.4) is 0 Å². The lowest BCUT2D eigenvalue weighted by Crippen LogP contribution is -2.41. The third-order valence-electron chi connectivity index (χ3n) is 3.24. The second kappa shape index (κ2) is 4.74. The first-order chi connectivity index (χ1) is 8.35. The van der Waals surface area contributed by atoms with E-state index in [1.54, 1.807) is 6.07 Å². The van der Waals surface area contributed by atoms with Gasteiger partial charge in [-0.05, 0) is 13.8 Å². The van der Waals surface area contributed by atoms with Crippen molar-refractivity contribution in [2.24, 2.45) is 0 Å². The van der Waals surface area contributed by atoms with Gasteiger partial charge in [0.2, 0.25) is 0 Å². The van der Waals surface area contributed by atoms with E-state index in [-0.39, 0.29) is 17.6 Å². The molecule has 0 aliphatic heterocycles. The van der Waals surface area contributed by atoms with Crippen molar-refractivity contribution in [3.8, 4) is 0 Å². The zero-order chi connectivity index (χ0) is 15.1. The second-order valence-corrected chi connectivity index (χ2v) is 8.88. The molecule has 0 aliphatic carbocycles. The van der Waals surface area contributed by atoms with Gasteiger partial charge in [0.15, 0.2) is 15.6 Å². The highest BCUT2D eigenvalue weighted by Crippen LogP contribution is 2.24. The van der Waals surface area contributed by atoms with Crippen LogP contribution in [0.25, 0.3) is 0 Å². The van der Waals surface area contributed by atoms with Crippen LogP contribution in [0, 0.1) is 0 Å². The largest absolute Gasteiger partial charge is 0.361 e. The summed E-state index contributed by atoms with van der Waals surface area (Å²) in [7, 11) is -3.45. The van der Waals surface area contributed by atoms with Gasteiger partial charge in [0.1, 0.15) is 10.5 Å². The van der Waals surface area contributed by atoms with Crippen LogP contribution in [0.2, 0.25) is 0 Å². The Morgan fingerprint density at radius 3 is 2.16 bits per heavy atom. The van der Waals surface area contributed by atoms with E-state index in [1.165, 1.54) is 13.8 Å². The summed E-state index contributed by atoms with van der Waals surface area (Å²) in [6, 6.07) is 1.70. The molecule has 0 spiro atoms. The monoisotopic (exact) mass is 287 g/mol. The van der Waals surface area contributed by atoms with E-state index >= 15 is 0 Å². The molecule has 0 aromatic carbocycles. The molecule has 0 saturated heterocycles. The maximum Gasteiger partial charge on any atom is 0.159 e. The van der Waals surface area contributed by atoms with Crippen molar-refractivity contribution >= 4 is 15.6 Å². The first kappa shape index (κ1) is 15.9. The fourth-order valence-electron chi connectivity index (χ4n) is 1.33. The minimum Gasteiger partial charge on any atom is -0.361 e. The Hall–Kier alpha value is -1.17. The van der Waals surface area contributed by atoms with Crippen LogP contribution in [0.4, 0.5) is 0 Å². The number of hydrogen-bond donors (Lipinski definition) is 0. The number of hydrogen-bond acceptors (Lipinski definition) is 5. The molecule has 6 heteroatoms. The molecule has 0 amide bonds. The van der Waals surface area contributed by atoms with Crippen molar-refractivity contribution < 1.29 is 17.7 Å². The molecule has 0 saturated carbocycles. The van der Waals surface area contributed by atoms with E-state index in [9.17, 15) is 13.2 Å². The van der Waals surface area contributed by atoms with Crippen LogP contribution < -0.4 is 0 Å². The van der Waals surface area contributed by atoms with Gasteiger partial charge >= 0.3 is 0 Å². The van der Waals surface area contributed by atoms with Gasteiger partial charge in [0, 0.05) is 17.7 Å². The van der Waals surface area contributed by atoms with Gasteiger partial charge in [-0.2, -0.15) is 0 Å². The topological polar surface area (TPSA) is 77.2 Å². The Morgan fingerprint density at radius 1 is 1.26 bits per heavy atom. The molecule has 0 fully saturated rings. The first-order valence-corrected chi connectivity index (χ1v) is 7.94. The van der Waals surface area contributed by atoms with Crippen LogP contribution in [0.5, 0.6) is 0 Å². The molecule has 0 bridgehead atoms. The molecule has 0 radical (unpaired) electrons. The molecular weight excluding hydrogens is 266 g/mol. The highest BCUT2D eigenvalue weighted by atomic mass is 32.2. The molecule has 1 heterocycles. The fraction of sp³-hybridized carbons (Fsp3) is 0.692. The minimum absolute atomic E-state index is 0.0420. The standard InChI is InChI=1S/C13H21NO4S/c1-12(2,3)11-8-9(14-18-11)7-10(15)13(4,5)19(6,16)17/h8H,7H2,1-6H3. The summed E-state index contributed by atoms with van der Waals surface area (Å²) >= 11 is 0. The number of rotatable bonds is 4. The Balaban J connectivity index is 2.93. The van der Waals surface area contributed by atoms with Crippen LogP contribution in [-0.2, 0) is 26.5 Å². The lowest BCUT2D eigenvalue weighted by molar-refractivity contribution is -0.120. The van der Waals surface area contributed by atoms with Crippen molar-refractivity contribution in [1.82, 2.24) is 5.16 Å². The van der Waals surface area contributed by atoms with Crippen molar-refractivity contribution in [3.63, 3.8) is 0 Å². The Kier molecular flexibility index (Phi) is 3.96. The summed E-state index contributed by atoms with van der Waals surface area (Å²) in [5.41, 5.74) is 0.271. The van der Waals surface area contributed by atoms with E-state index < -0.39 is 14.6 Å². The SMILES string of the molecule is CC(C)(C)c1cc(CC(=O)C(C)(C)S(C)(=O)=O)no1.